The van der Waals surface area contributed by atoms with Gasteiger partial charge in [-0.15, -0.1) is 0 Å². The Balaban J connectivity index is 1.36. The van der Waals surface area contributed by atoms with Crippen LogP contribution in [0.5, 0.6) is 0 Å². The van der Waals surface area contributed by atoms with Crippen molar-refractivity contribution in [2.45, 2.75) is 32.4 Å². The van der Waals surface area contributed by atoms with E-state index < -0.39 is 0 Å². The van der Waals surface area contributed by atoms with E-state index in [-0.39, 0.29) is 17.9 Å². The number of benzene rings is 2. The lowest BCUT2D eigenvalue weighted by atomic mass is 9.97. The highest BCUT2D eigenvalue weighted by molar-refractivity contribution is 5.78. The molecule has 1 saturated heterocycles. The maximum absolute atomic E-state index is 12.3. The maximum Gasteiger partial charge on any atom is 0.223 e. The molecule has 1 amide bonds. The summed E-state index contributed by atoms with van der Waals surface area (Å²) < 4.78 is 0. The number of rotatable bonds is 7. The Morgan fingerprint density at radius 2 is 1.81 bits per heavy atom. The third kappa shape index (κ3) is 5.67. The molecule has 1 aromatic heterocycles. The molecule has 0 spiro atoms. The summed E-state index contributed by atoms with van der Waals surface area (Å²) in [6.45, 7) is 4.50. The van der Waals surface area contributed by atoms with Gasteiger partial charge < -0.3 is 16.0 Å². The lowest BCUT2D eigenvalue weighted by molar-refractivity contribution is -0.125. The minimum absolute atomic E-state index is 0.129. The molecule has 0 aliphatic carbocycles. The van der Waals surface area contributed by atoms with Crippen molar-refractivity contribution in [3.8, 4) is 11.3 Å². The number of anilines is 1. The molecule has 1 aliphatic rings. The SMILES string of the molecule is CC(Nc1cncc(-c2ccc(CNC(=O)C3CCNCC3)cc2)n1)c1ccccc1. The number of carbonyl (C=O) groups excluding carboxylic acids is 1. The number of nitrogens with one attached hydrogen (secondary N) is 3. The molecule has 1 aliphatic heterocycles. The Kier molecular flexibility index (Phi) is 6.89. The first-order valence-electron chi connectivity index (χ1n) is 10.9. The van der Waals surface area contributed by atoms with E-state index in [1.165, 1.54) is 5.56 Å². The number of amides is 1. The maximum atomic E-state index is 12.3. The summed E-state index contributed by atoms with van der Waals surface area (Å²) in [5, 5.41) is 9.78. The van der Waals surface area contributed by atoms with Gasteiger partial charge in [-0.2, -0.15) is 0 Å². The van der Waals surface area contributed by atoms with Crippen LogP contribution < -0.4 is 16.0 Å². The molecule has 1 unspecified atom stereocenters. The molecule has 0 saturated carbocycles. The van der Waals surface area contributed by atoms with Gasteiger partial charge in [0.05, 0.1) is 18.1 Å². The third-order valence-electron chi connectivity index (χ3n) is 5.72. The number of hydrogen-bond donors (Lipinski definition) is 3. The molecule has 160 valence electrons. The summed E-state index contributed by atoms with van der Waals surface area (Å²) in [5.74, 6) is 1.03. The van der Waals surface area contributed by atoms with E-state index in [0.717, 1.165) is 48.6 Å². The van der Waals surface area contributed by atoms with E-state index >= 15 is 0 Å². The molecule has 6 nitrogen and oxygen atoms in total. The minimum atomic E-state index is 0.129. The minimum Gasteiger partial charge on any atom is -0.362 e. The Morgan fingerprint density at radius 1 is 1.06 bits per heavy atom. The Morgan fingerprint density at radius 3 is 2.55 bits per heavy atom. The van der Waals surface area contributed by atoms with Crippen LogP contribution in [0.1, 0.15) is 36.9 Å². The second-order valence-electron chi connectivity index (χ2n) is 8.01. The van der Waals surface area contributed by atoms with Crippen LogP contribution in [-0.4, -0.2) is 29.0 Å². The van der Waals surface area contributed by atoms with E-state index in [4.69, 9.17) is 4.98 Å². The van der Waals surface area contributed by atoms with Crippen molar-refractivity contribution < 1.29 is 4.79 Å². The molecule has 1 fully saturated rings. The highest BCUT2D eigenvalue weighted by atomic mass is 16.1. The summed E-state index contributed by atoms with van der Waals surface area (Å²) in [5.41, 5.74) is 4.09. The lowest BCUT2D eigenvalue weighted by Crippen LogP contribution is -2.37. The largest absolute Gasteiger partial charge is 0.362 e. The first-order chi connectivity index (χ1) is 15.2. The quantitative estimate of drug-likeness (QED) is 0.545. The second-order valence-corrected chi connectivity index (χ2v) is 8.01. The first kappa shape index (κ1) is 21.0. The van der Waals surface area contributed by atoms with E-state index in [1.54, 1.807) is 12.4 Å². The number of nitrogens with zero attached hydrogens (tertiary/aromatic N) is 2. The van der Waals surface area contributed by atoms with Gasteiger partial charge in [-0.05, 0) is 44.0 Å². The smallest absolute Gasteiger partial charge is 0.223 e. The summed E-state index contributed by atoms with van der Waals surface area (Å²) in [6.07, 6.45) is 5.34. The van der Waals surface area contributed by atoms with Crippen LogP contribution in [0.25, 0.3) is 11.3 Å². The van der Waals surface area contributed by atoms with E-state index in [1.807, 2.05) is 42.5 Å². The normalized spacial score (nSPS) is 15.3. The first-order valence-corrected chi connectivity index (χ1v) is 10.9. The van der Waals surface area contributed by atoms with Gasteiger partial charge >= 0.3 is 0 Å². The predicted molar refractivity (Wildman–Crippen MR) is 123 cm³/mol. The van der Waals surface area contributed by atoms with Crippen molar-refractivity contribution in [2.75, 3.05) is 18.4 Å². The average molecular weight is 416 g/mol. The number of piperidine rings is 1. The van der Waals surface area contributed by atoms with Crippen LogP contribution in [0.15, 0.2) is 67.0 Å². The monoisotopic (exact) mass is 415 g/mol. The number of hydrogen-bond acceptors (Lipinski definition) is 5. The fourth-order valence-corrected chi connectivity index (χ4v) is 3.83. The second kappa shape index (κ2) is 10.2. The van der Waals surface area contributed by atoms with Gasteiger partial charge in [-0.1, -0.05) is 54.6 Å². The van der Waals surface area contributed by atoms with Gasteiger partial charge in [0.2, 0.25) is 5.91 Å². The molecule has 2 aromatic carbocycles. The molecular formula is C25H29N5O. The van der Waals surface area contributed by atoms with Gasteiger partial charge in [0, 0.05) is 24.1 Å². The van der Waals surface area contributed by atoms with Crippen molar-refractivity contribution in [1.29, 1.82) is 0 Å². The van der Waals surface area contributed by atoms with Crippen molar-refractivity contribution in [3.05, 3.63) is 78.1 Å². The molecule has 3 aromatic rings. The zero-order valence-electron chi connectivity index (χ0n) is 17.8. The highest BCUT2D eigenvalue weighted by Crippen LogP contribution is 2.21. The van der Waals surface area contributed by atoms with Crippen LogP contribution in [0.2, 0.25) is 0 Å². The molecule has 2 heterocycles. The third-order valence-corrected chi connectivity index (χ3v) is 5.72. The van der Waals surface area contributed by atoms with Crippen molar-refractivity contribution >= 4 is 11.7 Å². The lowest BCUT2D eigenvalue weighted by Gasteiger charge is -2.21. The summed E-state index contributed by atoms with van der Waals surface area (Å²) in [4.78, 5) is 21.4. The van der Waals surface area contributed by atoms with Gasteiger partial charge in [0.1, 0.15) is 5.82 Å². The van der Waals surface area contributed by atoms with E-state index in [9.17, 15) is 4.79 Å². The number of aromatic nitrogens is 2. The Bertz CT molecular complexity index is 984. The van der Waals surface area contributed by atoms with Crippen LogP contribution in [0.4, 0.5) is 5.82 Å². The van der Waals surface area contributed by atoms with E-state index in [0.29, 0.717) is 6.54 Å². The zero-order chi connectivity index (χ0) is 21.5. The Hall–Kier alpha value is -3.25. The van der Waals surface area contributed by atoms with Crippen molar-refractivity contribution in [2.24, 2.45) is 5.92 Å². The highest BCUT2D eigenvalue weighted by Gasteiger charge is 2.20. The fourth-order valence-electron chi connectivity index (χ4n) is 3.83. The molecule has 31 heavy (non-hydrogen) atoms. The fraction of sp³-hybridized carbons (Fsp3) is 0.320. The van der Waals surface area contributed by atoms with Gasteiger partial charge in [-0.3, -0.25) is 9.78 Å². The van der Waals surface area contributed by atoms with Crippen molar-refractivity contribution in [1.82, 2.24) is 20.6 Å². The van der Waals surface area contributed by atoms with Crippen LogP contribution in [0, 0.1) is 5.92 Å². The van der Waals surface area contributed by atoms with Crippen LogP contribution >= 0.6 is 0 Å². The number of carbonyl (C=O) groups is 1. The van der Waals surface area contributed by atoms with E-state index in [2.05, 4.69) is 40.0 Å². The molecular weight excluding hydrogens is 386 g/mol. The average Bonchev–Trinajstić information content (AvgIpc) is 2.84. The predicted octanol–water partition coefficient (Wildman–Crippen LogP) is 3.93. The summed E-state index contributed by atoms with van der Waals surface area (Å²) in [7, 11) is 0. The summed E-state index contributed by atoms with van der Waals surface area (Å²) in [6, 6.07) is 18.5. The van der Waals surface area contributed by atoms with Crippen LogP contribution in [-0.2, 0) is 11.3 Å². The standard InChI is InChI=1S/C25H29N5O/c1-18(20-5-3-2-4-6-20)29-24-17-27-16-23(30-24)21-9-7-19(8-10-21)15-28-25(31)22-11-13-26-14-12-22/h2-10,16-18,22,26H,11-15H2,1H3,(H,28,31)(H,29,30). The molecule has 6 heteroatoms. The molecule has 0 radical (unpaired) electrons. The zero-order valence-corrected chi connectivity index (χ0v) is 17.8. The van der Waals surface area contributed by atoms with Gasteiger partial charge in [0.15, 0.2) is 0 Å². The molecule has 4 rings (SSSR count). The van der Waals surface area contributed by atoms with Gasteiger partial charge in [0.25, 0.3) is 0 Å². The molecule has 0 bridgehead atoms. The van der Waals surface area contributed by atoms with Gasteiger partial charge in [-0.25, -0.2) is 4.98 Å². The van der Waals surface area contributed by atoms with Crippen LogP contribution in [0.3, 0.4) is 0 Å². The Labute approximate surface area is 183 Å². The molecule has 3 N–H and O–H groups in total. The topological polar surface area (TPSA) is 78.9 Å². The van der Waals surface area contributed by atoms with Crippen molar-refractivity contribution in [3.63, 3.8) is 0 Å². The molecule has 1 atom stereocenters. The summed E-state index contributed by atoms with van der Waals surface area (Å²) >= 11 is 0.